The van der Waals surface area contributed by atoms with Crippen molar-refractivity contribution in [3.05, 3.63) is 35.9 Å². The van der Waals surface area contributed by atoms with E-state index in [1.807, 2.05) is 30.3 Å². The van der Waals surface area contributed by atoms with E-state index in [0.717, 1.165) is 51.5 Å². The van der Waals surface area contributed by atoms with E-state index in [1.165, 1.54) is 6.42 Å². The van der Waals surface area contributed by atoms with Gasteiger partial charge in [0.1, 0.15) is 0 Å². The number of ether oxygens (including phenoxy) is 1. The van der Waals surface area contributed by atoms with Gasteiger partial charge >= 0.3 is 0 Å². The van der Waals surface area contributed by atoms with Gasteiger partial charge in [-0.15, -0.1) is 12.4 Å². The van der Waals surface area contributed by atoms with Gasteiger partial charge in [-0.1, -0.05) is 30.0 Å². The van der Waals surface area contributed by atoms with E-state index >= 15 is 0 Å². The third-order valence-electron chi connectivity index (χ3n) is 3.15. The van der Waals surface area contributed by atoms with Gasteiger partial charge in [0.25, 0.3) is 0 Å². The summed E-state index contributed by atoms with van der Waals surface area (Å²) in [6, 6.07) is 10.1. The van der Waals surface area contributed by atoms with E-state index in [4.69, 9.17) is 4.74 Å². The molecule has 1 aliphatic rings. The van der Waals surface area contributed by atoms with E-state index in [9.17, 15) is 0 Å². The topological polar surface area (TPSA) is 24.5 Å². The fraction of sp³-hybridized carbons (Fsp3) is 0.500. The number of nitrogens with zero attached hydrogens (tertiary/aromatic N) is 1. The molecule has 0 saturated carbocycles. The third kappa shape index (κ3) is 6.93. The zero-order valence-corrected chi connectivity index (χ0v) is 12.6. The van der Waals surface area contributed by atoms with Crippen molar-refractivity contribution in [3.8, 4) is 11.8 Å². The fourth-order valence-electron chi connectivity index (χ4n) is 2.07. The first-order valence-electron chi connectivity index (χ1n) is 7.00. The molecule has 0 amide bonds. The smallest absolute Gasteiger partial charge is 0.0594 e. The quantitative estimate of drug-likeness (QED) is 0.662. The molecule has 2 rings (SSSR count). The van der Waals surface area contributed by atoms with Gasteiger partial charge in [-0.25, -0.2) is 0 Å². The minimum Gasteiger partial charge on any atom is -0.379 e. The van der Waals surface area contributed by atoms with Crippen LogP contribution in [0.2, 0.25) is 0 Å². The van der Waals surface area contributed by atoms with Crippen molar-refractivity contribution < 1.29 is 4.74 Å². The van der Waals surface area contributed by atoms with Crippen LogP contribution >= 0.6 is 12.4 Å². The number of hydrogen-bond donors (Lipinski definition) is 1. The first-order chi connectivity index (χ1) is 9.45. The molecule has 4 heteroatoms. The summed E-state index contributed by atoms with van der Waals surface area (Å²) in [6.45, 7) is 6.87. The lowest BCUT2D eigenvalue weighted by molar-refractivity contribution is 0.0375. The Bertz CT molecular complexity index is 407. The molecule has 3 nitrogen and oxygen atoms in total. The van der Waals surface area contributed by atoms with Crippen LogP contribution in [-0.4, -0.2) is 50.8 Å². The summed E-state index contributed by atoms with van der Waals surface area (Å²) in [7, 11) is 0. The highest BCUT2D eigenvalue weighted by atomic mass is 35.5. The zero-order valence-electron chi connectivity index (χ0n) is 11.8. The highest BCUT2D eigenvalue weighted by molar-refractivity contribution is 5.85. The van der Waals surface area contributed by atoms with Crippen LogP contribution in [0.25, 0.3) is 0 Å². The molecule has 0 unspecified atom stereocenters. The fourth-order valence-corrected chi connectivity index (χ4v) is 2.07. The Kier molecular flexibility index (Phi) is 9.10. The Morgan fingerprint density at radius 3 is 2.65 bits per heavy atom. The maximum Gasteiger partial charge on any atom is 0.0594 e. The van der Waals surface area contributed by atoms with E-state index in [2.05, 4.69) is 22.1 Å². The number of halogens is 1. The minimum atomic E-state index is 0. The first kappa shape index (κ1) is 17.0. The predicted molar refractivity (Wildman–Crippen MR) is 85.3 cm³/mol. The monoisotopic (exact) mass is 294 g/mol. The van der Waals surface area contributed by atoms with E-state index in [1.54, 1.807) is 0 Å². The Hall–Kier alpha value is -1.05. The Balaban J connectivity index is 0.00000200. The van der Waals surface area contributed by atoms with Gasteiger partial charge in [0.2, 0.25) is 0 Å². The molecule has 0 radical (unpaired) electrons. The first-order valence-corrected chi connectivity index (χ1v) is 7.00. The van der Waals surface area contributed by atoms with Crippen LogP contribution in [-0.2, 0) is 4.74 Å². The molecule has 0 spiro atoms. The van der Waals surface area contributed by atoms with Crippen molar-refractivity contribution in [2.45, 2.75) is 6.42 Å². The van der Waals surface area contributed by atoms with Gasteiger partial charge in [0.05, 0.1) is 19.8 Å². The molecule has 0 aliphatic carbocycles. The number of hydrogen-bond acceptors (Lipinski definition) is 3. The van der Waals surface area contributed by atoms with Crippen molar-refractivity contribution >= 4 is 12.4 Å². The van der Waals surface area contributed by atoms with Gasteiger partial charge in [-0.3, -0.25) is 4.90 Å². The third-order valence-corrected chi connectivity index (χ3v) is 3.15. The summed E-state index contributed by atoms with van der Waals surface area (Å²) in [6.07, 6.45) is 1.17. The van der Waals surface area contributed by atoms with E-state index in [0.29, 0.717) is 0 Å². The Morgan fingerprint density at radius 1 is 1.15 bits per heavy atom. The van der Waals surface area contributed by atoms with Crippen molar-refractivity contribution in [2.75, 3.05) is 45.9 Å². The van der Waals surface area contributed by atoms with Gasteiger partial charge in [-0.05, 0) is 31.6 Å². The minimum absolute atomic E-state index is 0. The summed E-state index contributed by atoms with van der Waals surface area (Å²) in [4.78, 5) is 2.46. The average molecular weight is 295 g/mol. The SMILES string of the molecule is C(#Cc1ccccc1)CNCCCN1CCOCC1.Cl. The molecule has 110 valence electrons. The highest BCUT2D eigenvalue weighted by Crippen LogP contribution is 1.97. The lowest BCUT2D eigenvalue weighted by atomic mass is 10.2. The molecule has 1 aromatic carbocycles. The van der Waals surface area contributed by atoms with Crippen LogP contribution in [0, 0.1) is 11.8 Å². The maximum absolute atomic E-state index is 5.33. The molecule has 0 bridgehead atoms. The summed E-state index contributed by atoms with van der Waals surface area (Å²) >= 11 is 0. The second-order valence-corrected chi connectivity index (χ2v) is 4.65. The van der Waals surface area contributed by atoms with E-state index in [-0.39, 0.29) is 12.4 Å². The van der Waals surface area contributed by atoms with Crippen LogP contribution in [0.5, 0.6) is 0 Å². The lowest BCUT2D eigenvalue weighted by Crippen LogP contribution is -2.37. The predicted octanol–water partition coefficient (Wildman–Crippen LogP) is 1.77. The van der Waals surface area contributed by atoms with Crippen LogP contribution in [0.4, 0.5) is 0 Å². The number of morpholine rings is 1. The molecule has 1 fully saturated rings. The lowest BCUT2D eigenvalue weighted by Gasteiger charge is -2.26. The van der Waals surface area contributed by atoms with Crippen molar-refractivity contribution in [2.24, 2.45) is 0 Å². The molecule has 0 aromatic heterocycles. The molecule has 1 saturated heterocycles. The Morgan fingerprint density at radius 2 is 1.90 bits per heavy atom. The van der Waals surface area contributed by atoms with Gasteiger partial charge < -0.3 is 10.1 Å². The molecular weight excluding hydrogens is 272 g/mol. The second kappa shape index (κ2) is 10.7. The molecule has 1 aromatic rings. The Labute approximate surface area is 128 Å². The number of rotatable bonds is 5. The number of nitrogens with one attached hydrogen (secondary N) is 1. The molecule has 1 N–H and O–H groups in total. The van der Waals surface area contributed by atoms with E-state index < -0.39 is 0 Å². The van der Waals surface area contributed by atoms with Gasteiger partial charge in [-0.2, -0.15) is 0 Å². The van der Waals surface area contributed by atoms with Gasteiger partial charge in [0.15, 0.2) is 0 Å². The normalized spacial score (nSPS) is 15.0. The molecular formula is C16H23ClN2O. The molecule has 1 aliphatic heterocycles. The largest absolute Gasteiger partial charge is 0.379 e. The van der Waals surface area contributed by atoms with Crippen LogP contribution in [0.15, 0.2) is 30.3 Å². The van der Waals surface area contributed by atoms with Crippen molar-refractivity contribution in [3.63, 3.8) is 0 Å². The second-order valence-electron chi connectivity index (χ2n) is 4.65. The van der Waals surface area contributed by atoms with Crippen molar-refractivity contribution in [1.82, 2.24) is 10.2 Å². The summed E-state index contributed by atoms with van der Waals surface area (Å²) < 4.78 is 5.33. The summed E-state index contributed by atoms with van der Waals surface area (Å²) in [5, 5.41) is 3.36. The summed E-state index contributed by atoms with van der Waals surface area (Å²) in [5.41, 5.74) is 1.08. The highest BCUT2D eigenvalue weighted by Gasteiger charge is 2.08. The van der Waals surface area contributed by atoms with Crippen LogP contribution in [0.3, 0.4) is 0 Å². The standard InChI is InChI=1S/C16H22N2O.ClH/c1-2-6-16(7-3-1)8-4-9-17-10-5-11-18-12-14-19-15-13-18;/h1-3,6-7,17H,5,9-15H2;1H. The maximum atomic E-state index is 5.33. The molecule has 0 atom stereocenters. The average Bonchev–Trinajstić information content (AvgIpc) is 2.48. The van der Waals surface area contributed by atoms with Crippen LogP contribution < -0.4 is 5.32 Å². The molecule has 1 heterocycles. The summed E-state index contributed by atoms with van der Waals surface area (Å²) in [5.74, 6) is 6.29. The van der Waals surface area contributed by atoms with Crippen molar-refractivity contribution in [1.29, 1.82) is 0 Å². The van der Waals surface area contributed by atoms with Crippen LogP contribution in [0.1, 0.15) is 12.0 Å². The molecule has 20 heavy (non-hydrogen) atoms. The number of benzene rings is 1. The zero-order chi connectivity index (χ0) is 13.2. The van der Waals surface area contributed by atoms with Gasteiger partial charge in [0, 0.05) is 18.7 Å².